The molecule has 0 aromatic heterocycles. The fraction of sp³-hybridized carbons (Fsp3) is 0.263. The molecule has 1 unspecified atom stereocenters. The summed E-state index contributed by atoms with van der Waals surface area (Å²) in [5.74, 6) is -0.780. The SMILES string of the molecule is CC(CNC(=O)CCc1ccccc1C(=O)O)c1ccccc1. The normalized spacial score (nSPS) is 11.7. The van der Waals surface area contributed by atoms with Gasteiger partial charge < -0.3 is 10.4 Å². The summed E-state index contributed by atoms with van der Waals surface area (Å²) in [5, 5.41) is 12.0. The standard InChI is InChI=1S/C19H21NO3/c1-14(15-7-3-2-4-8-15)13-20-18(21)12-11-16-9-5-6-10-17(16)19(22)23/h2-10,14H,11-13H2,1H3,(H,20,21)(H,22,23). The minimum Gasteiger partial charge on any atom is -0.478 e. The van der Waals surface area contributed by atoms with Gasteiger partial charge in [-0.05, 0) is 29.5 Å². The molecule has 0 heterocycles. The highest BCUT2D eigenvalue weighted by molar-refractivity contribution is 5.89. The van der Waals surface area contributed by atoms with E-state index in [1.165, 1.54) is 5.56 Å². The highest BCUT2D eigenvalue weighted by Gasteiger charge is 2.11. The van der Waals surface area contributed by atoms with Crippen molar-refractivity contribution in [2.45, 2.75) is 25.7 Å². The molecule has 1 amide bonds. The fourth-order valence-electron chi connectivity index (χ4n) is 2.45. The molecule has 2 aromatic carbocycles. The van der Waals surface area contributed by atoms with Crippen LogP contribution < -0.4 is 5.32 Å². The van der Waals surface area contributed by atoms with E-state index in [9.17, 15) is 9.59 Å². The van der Waals surface area contributed by atoms with Crippen LogP contribution >= 0.6 is 0 Å². The molecule has 0 bridgehead atoms. The van der Waals surface area contributed by atoms with Crippen LogP contribution in [0.5, 0.6) is 0 Å². The number of benzene rings is 2. The second-order valence-electron chi connectivity index (χ2n) is 5.58. The van der Waals surface area contributed by atoms with Gasteiger partial charge in [0, 0.05) is 13.0 Å². The summed E-state index contributed by atoms with van der Waals surface area (Å²) in [4.78, 5) is 23.1. The summed E-state index contributed by atoms with van der Waals surface area (Å²) < 4.78 is 0. The molecule has 4 nitrogen and oxygen atoms in total. The Morgan fingerprint density at radius 2 is 1.70 bits per heavy atom. The van der Waals surface area contributed by atoms with Crippen LogP contribution in [0.3, 0.4) is 0 Å². The van der Waals surface area contributed by atoms with E-state index in [0.29, 0.717) is 18.5 Å². The number of hydrogen-bond acceptors (Lipinski definition) is 2. The maximum Gasteiger partial charge on any atom is 0.335 e. The van der Waals surface area contributed by atoms with Gasteiger partial charge in [-0.15, -0.1) is 0 Å². The zero-order chi connectivity index (χ0) is 16.7. The van der Waals surface area contributed by atoms with Crippen LogP contribution in [-0.4, -0.2) is 23.5 Å². The van der Waals surface area contributed by atoms with Gasteiger partial charge in [0.15, 0.2) is 0 Å². The Labute approximate surface area is 136 Å². The van der Waals surface area contributed by atoms with Crippen molar-refractivity contribution in [2.24, 2.45) is 0 Å². The van der Waals surface area contributed by atoms with Crippen LogP contribution in [0.2, 0.25) is 0 Å². The first kappa shape index (κ1) is 16.7. The summed E-state index contributed by atoms with van der Waals surface area (Å²) in [7, 11) is 0. The number of amides is 1. The maximum atomic E-state index is 12.0. The van der Waals surface area contributed by atoms with Crippen molar-refractivity contribution in [2.75, 3.05) is 6.54 Å². The molecule has 2 rings (SSSR count). The lowest BCUT2D eigenvalue weighted by Crippen LogP contribution is -2.27. The van der Waals surface area contributed by atoms with Crippen LogP contribution in [0.25, 0.3) is 0 Å². The molecule has 4 heteroatoms. The average Bonchev–Trinajstić information content (AvgIpc) is 2.58. The molecule has 0 aliphatic carbocycles. The van der Waals surface area contributed by atoms with E-state index in [4.69, 9.17) is 5.11 Å². The van der Waals surface area contributed by atoms with Gasteiger partial charge >= 0.3 is 5.97 Å². The molecule has 0 spiro atoms. The molecule has 0 saturated heterocycles. The highest BCUT2D eigenvalue weighted by atomic mass is 16.4. The number of hydrogen-bond donors (Lipinski definition) is 2. The first-order valence-electron chi connectivity index (χ1n) is 7.70. The smallest absolute Gasteiger partial charge is 0.335 e. The zero-order valence-electron chi connectivity index (χ0n) is 13.2. The molecule has 2 aromatic rings. The van der Waals surface area contributed by atoms with Gasteiger partial charge in [0.25, 0.3) is 0 Å². The molecule has 1 atom stereocenters. The molecule has 0 fully saturated rings. The van der Waals surface area contributed by atoms with E-state index in [-0.39, 0.29) is 23.8 Å². The Morgan fingerprint density at radius 3 is 2.39 bits per heavy atom. The predicted octanol–water partition coefficient (Wildman–Crippen LogP) is 3.24. The average molecular weight is 311 g/mol. The number of carbonyl (C=O) groups excluding carboxylic acids is 1. The maximum absolute atomic E-state index is 12.0. The Balaban J connectivity index is 1.83. The van der Waals surface area contributed by atoms with E-state index in [0.717, 1.165) is 0 Å². The molecule has 2 N–H and O–H groups in total. The highest BCUT2D eigenvalue weighted by Crippen LogP contribution is 2.14. The second kappa shape index (κ2) is 8.13. The molecular weight excluding hydrogens is 290 g/mol. The van der Waals surface area contributed by atoms with Crippen molar-refractivity contribution in [3.8, 4) is 0 Å². The third kappa shape index (κ3) is 4.95. The lowest BCUT2D eigenvalue weighted by molar-refractivity contribution is -0.121. The summed E-state index contributed by atoms with van der Waals surface area (Å²) >= 11 is 0. The van der Waals surface area contributed by atoms with Crippen LogP contribution in [0.15, 0.2) is 54.6 Å². The number of aromatic carboxylic acids is 1. The summed E-state index contributed by atoms with van der Waals surface area (Å²) in [6.07, 6.45) is 0.708. The summed E-state index contributed by atoms with van der Waals surface area (Å²) in [5.41, 5.74) is 2.13. The molecule has 0 radical (unpaired) electrons. The Morgan fingerprint density at radius 1 is 1.04 bits per heavy atom. The third-order valence-electron chi connectivity index (χ3n) is 3.84. The number of carboxylic acids is 1. The number of nitrogens with one attached hydrogen (secondary N) is 1. The topological polar surface area (TPSA) is 66.4 Å². The molecule has 23 heavy (non-hydrogen) atoms. The van der Waals surface area contributed by atoms with Crippen molar-refractivity contribution >= 4 is 11.9 Å². The zero-order valence-corrected chi connectivity index (χ0v) is 13.2. The van der Waals surface area contributed by atoms with Gasteiger partial charge in [-0.1, -0.05) is 55.5 Å². The lowest BCUT2D eigenvalue weighted by Gasteiger charge is -2.13. The van der Waals surface area contributed by atoms with Crippen LogP contribution in [-0.2, 0) is 11.2 Å². The lowest BCUT2D eigenvalue weighted by atomic mass is 10.0. The number of carboxylic acid groups (broad SMARTS) is 1. The van der Waals surface area contributed by atoms with Crippen LogP contribution in [0, 0.1) is 0 Å². The monoisotopic (exact) mass is 311 g/mol. The molecule has 0 aliphatic rings. The van der Waals surface area contributed by atoms with E-state index in [1.54, 1.807) is 24.3 Å². The Kier molecular flexibility index (Phi) is 5.92. The Bertz CT molecular complexity index is 667. The van der Waals surface area contributed by atoms with Gasteiger partial charge in [0.2, 0.25) is 5.91 Å². The van der Waals surface area contributed by atoms with Gasteiger partial charge in [-0.3, -0.25) is 4.79 Å². The second-order valence-corrected chi connectivity index (χ2v) is 5.58. The minimum atomic E-state index is -0.960. The number of aryl methyl sites for hydroxylation is 1. The van der Waals surface area contributed by atoms with Gasteiger partial charge in [0.1, 0.15) is 0 Å². The quantitative estimate of drug-likeness (QED) is 0.825. The van der Waals surface area contributed by atoms with Crippen molar-refractivity contribution in [3.63, 3.8) is 0 Å². The third-order valence-corrected chi connectivity index (χ3v) is 3.84. The molecular formula is C19H21NO3. The first-order chi connectivity index (χ1) is 11.1. The van der Waals surface area contributed by atoms with Crippen molar-refractivity contribution in [1.82, 2.24) is 5.32 Å². The van der Waals surface area contributed by atoms with E-state index < -0.39 is 5.97 Å². The molecule has 0 aliphatic heterocycles. The fourth-order valence-corrected chi connectivity index (χ4v) is 2.45. The van der Waals surface area contributed by atoms with E-state index >= 15 is 0 Å². The molecule has 120 valence electrons. The van der Waals surface area contributed by atoms with E-state index in [2.05, 4.69) is 12.2 Å². The summed E-state index contributed by atoms with van der Waals surface area (Å²) in [6, 6.07) is 16.8. The number of rotatable bonds is 7. The summed E-state index contributed by atoms with van der Waals surface area (Å²) in [6.45, 7) is 2.64. The Hall–Kier alpha value is -2.62. The predicted molar refractivity (Wildman–Crippen MR) is 89.6 cm³/mol. The van der Waals surface area contributed by atoms with Gasteiger partial charge in [-0.25, -0.2) is 4.79 Å². The van der Waals surface area contributed by atoms with Crippen molar-refractivity contribution < 1.29 is 14.7 Å². The van der Waals surface area contributed by atoms with Crippen molar-refractivity contribution in [1.29, 1.82) is 0 Å². The van der Waals surface area contributed by atoms with Gasteiger partial charge in [0.05, 0.1) is 5.56 Å². The van der Waals surface area contributed by atoms with E-state index in [1.807, 2.05) is 30.3 Å². The largest absolute Gasteiger partial charge is 0.478 e. The number of carbonyl (C=O) groups is 2. The first-order valence-corrected chi connectivity index (χ1v) is 7.70. The molecule has 0 saturated carbocycles. The minimum absolute atomic E-state index is 0.0621. The van der Waals surface area contributed by atoms with Crippen LogP contribution in [0.4, 0.5) is 0 Å². The van der Waals surface area contributed by atoms with Crippen LogP contribution in [0.1, 0.15) is 40.7 Å². The van der Waals surface area contributed by atoms with Gasteiger partial charge in [-0.2, -0.15) is 0 Å². The van der Waals surface area contributed by atoms with Crippen molar-refractivity contribution in [3.05, 3.63) is 71.3 Å².